The molecule has 12 nitrogen and oxygen atoms in total. The second kappa shape index (κ2) is 21.0. The lowest BCUT2D eigenvalue weighted by Gasteiger charge is -2.14. The van der Waals surface area contributed by atoms with Gasteiger partial charge in [-0.3, -0.25) is 0 Å². The van der Waals surface area contributed by atoms with Crippen molar-refractivity contribution in [2.75, 3.05) is 14.2 Å². The van der Waals surface area contributed by atoms with Gasteiger partial charge in [-0.25, -0.2) is 9.59 Å². The molecule has 0 saturated heterocycles. The zero-order chi connectivity index (χ0) is 50.1. The fourth-order valence-electron chi connectivity index (χ4n) is 8.03. The predicted molar refractivity (Wildman–Crippen MR) is 259 cm³/mol. The van der Waals surface area contributed by atoms with Crippen LogP contribution in [0.4, 0.5) is 0 Å². The molecule has 0 saturated carbocycles. The highest BCUT2D eigenvalue weighted by atomic mass is 32.1. The van der Waals surface area contributed by atoms with E-state index in [1.54, 1.807) is 54.6 Å². The summed E-state index contributed by atoms with van der Waals surface area (Å²) in [5.74, 6) is -1.30. The summed E-state index contributed by atoms with van der Waals surface area (Å²) >= 11 is 0.949. The maximum absolute atomic E-state index is 13.6. The molecule has 1 aromatic heterocycles. The van der Waals surface area contributed by atoms with E-state index in [9.17, 15) is 51.7 Å². The molecular formula is C56H36N8O4S. The van der Waals surface area contributed by atoms with Gasteiger partial charge in [0, 0.05) is 37.3 Å². The highest BCUT2D eigenvalue weighted by Gasteiger charge is 2.32. The molecule has 69 heavy (non-hydrogen) atoms. The molecule has 6 rings (SSSR count). The molecule has 0 fully saturated rings. The van der Waals surface area contributed by atoms with E-state index in [2.05, 4.69) is 0 Å². The number of fused-ring (bicyclic) bond motifs is 2. The van der Waals surface area contributed by atoms with Crippen LogP contribution in [0.5, 0.6) is 0 Å². The average molecular weight is 917 g/mol. The van der Waals surface area contributed by atoms with Crippen LogP contribution in [0.25, 0.3) is 50.1 Å². The number of ether oxygens (including phenoxy) is 2. The third-order valence-corrected chi connectivity index (χ3v) is 12.6. The van der Waals surface area contributed by atoms with E-state index >= 15 is 0 Å². The summed E-state index contributed by atoms with van der Waals surface area (Å²) in [6.07, 6.45) is 0. The van der Waals surface area contributed by atoms with E-state index in [0.29, 0.717) is 38.3 Å². The summed E-state index contributed by atoms with van der Waals surface area (Å²) in [4.78, 5) is 27.4. The largest absolute Gasteiger partial charge is 0.465 e. The average Bonchev–Trinajstić information content (AvgIpc) is 3.97. The Morgan fingerprint density at radius 3 is 1.29 bits per heavy atom. The molecule has 0 aliphatic heterocycles. The van der Waals surface area contributed by atoms with Crippen LogP contribution in [0.3, 0.4) is 0 Å². The maximum atomic E-state index is 13.6. The van der Waals surface area contributed by atoms with Crippen molar-refractivity contribution >= 4 is 51.1 Å². The quantitative estimate of drug-likeness (QED) is 0.0708. The number of methoxy groups -OCH3 is 2. The number of carbonyl (C=O) groups excluding carboxylic acids is 2. The van der Waals surface area contributed by atoms with Gasteiger partial charge in [0.2, 0.25) is 0 Å². The van der Waals surface area contributed by atoms with Crippen LogP contribution in [0, 0.1) is 90.6 Å². The molecule has 0 spiro atoms. The fourth-order valence-corrected chi connectivity index (χ4v) is 9.15. The maximum Gasteiger partial charge on any atom is 0.338 e. The van der Waals surface area contributed by atoms with Crippen molar-refractivity contribution < 1.29 is 19.1 Å². The summed E-state index contributed by atoms with van der Waals surface area (Å²) in [6.45, 7) is 7.95. The van der Waals surface area contributed by atoms with Crippen molar-refractivity contribution in [1.29, 1.82) is 42.1 Å². The smallest absolute Gasteiger partial charge is 0.338 e. The number of hydrogen-bond acceptors (Lipinski definition) is 13. The molecule has 0 N–H and O–H groups in total. The van der Waals surface area contributed by atoms with E-state index in [1.807, 2.05) is 107 Å². The molecule has 4 aliphatic carbocycles. The number of thiophene rings is 1. The molecule has 1 heterocycles. The fraction of sp³-hybridized carbons (Fsp3) is 0.143. The monoisotopic (exact) mass is 916 g/mol. The zero-order valence-electron chi connectivity index (χ0n) is 38.0. The van der Waals surface area contributed by atoms with Crippen molar-refractivity contribution in [2.45, 2.75) is 39.5 Å². The van der Waals surface area contributed by atoms with Gasteiger partial charge in [0.15, 0.2) is 0 Å². The third kappa shape index (κ3) is 9.20. The lowest BCUT2D eigenvalue weighted by molar-refractivity contribution is 0.0593. The van der Waals surface area contributed by atoms with E-state index in [0.717, 1.165) is 22.5 Å². The molecule has 4 aliphatic rings. The molecule has 0 unspecified atom stereocenters. The van der Waals surface area contributed by atoms with Gasteiger partial charge in [0.05, 0.1) is 25.3 Å². The predicted octanol–water partition coefficient (Wildman–Crippen LogP) is 9.98. The Hall–Kier alpha value is -9.86. The third-order valence-electron chi connectivity index (χ3n) is 11.4. The second-order valence-electron chi connectivity index (χ2n) is 15.9. The number of nitrogens with zero attached hydrogens (tertiary/aromatic N) is 8. The van der Waals surface area contributed by atoms with Crippen LogP contribution in [0.2, 0.25) is 0 Å². The van der Waals surface area contributed by atoms with Crippen LogP contribution in [-0.4, -0.2) is 26.2 Å². The first-order chi connectivity index (χ1) is 33.3. The van der Waals surface area contributed by atoms with Crippen LogP contribution < -0.4 is 10.4 Å². The van der Waals surface area contributed by atoms with Crippen molar-refractivity contribution in [3.8, 4) is 70.8 Å². The number of hydrogen-bond donors (Lipinski definition) is 0. The van der Waals surface area contributed by atoms with Gasteiger partial charge >= 0.3 is 11.9 Å². The SMILES string of the molecule is COC(=O)c1cc(C(=C(C#N)C#N)C(=C(C#N)C#N)c2ccc(C(=C(C#N)C#N)C(c3cc(C(=O)OC)c4cc(C(C)C)cccc3-4)=c3ccc(=C(C#N)C#N)cc3)s2)c2cccc(C(C)C)cc1-2. The van der Waals surface area contributed by atoms with Crippen LogP contribution in [0.1, 0.15) is 92.3 Å². The summed E-state index contributed by atoms with van der Waals surface area (Å²) in [5.41, 5.74) is 3.08. The van der Waals surface area contributed by atoms with Crippen LogP contribution >= 0.6 is 11.3 Å². The highest BCUT2D eigenvalue weighted by Crippen LogP contribution is 2.49. The number of rotatable bonds is 10. The molecule has 330 valence electrons. The zero-order valence-corrected chi connectivity index (χ0v) is 38.8. The van der Waals surface area contributed by atoms with E-state index in [1.165, 1.54) is 26.4 Å². The van der Waals surface area contributed by atoms with Crippen molar-refractivity contribution in [3.05, 3.63) is 167 Å². The Balaban J connectivity index is 1.77. The Morgan fingerprint density at radius 1 is 0.449 bits per heavy atom. The first-order valence-corrected chi connectivity index (χ1v) is 21.8. The van der Waals surface area contributed by atoms with Gasteiger partial charge in [0.1, 0.15) is 70.8 Å². The lowest BCUT2D eigenvalue weighted by atomic mass is 9.88. The van der Waals surface area contributed by atoms with E-state index in [-0.39, 0.29) is 71.7 Å². The standard InChI is InChI=1S/C56H36N8O4S/c1-31(2)35-9-7-11-41-43(19-35)47(55(65)67-5)21-45(41)51(34-15-13-33(14-16-34)37(23-57)24-58)53(39(27-61)28-62)49-17-18-50(69-49)54(40(29-63)30-64)52(38(25-59)26-60)46-22-48(56(66)68-6)44-20-36(32(3)4)10-8-12-42(44)46/h7-22,31-32H,1-6H3. The Kier molecular flexibility index (Phi) is 14.8. The summed E-state index contributed by atoms with van der Waals surface area (Å²) in [7, 11) is 2.47. The number of esters is 2. The molecule has 1 aromatic carbocycles. The normalized spacial score (nSPS) is 10.1. The number of benzene rings is 1. The number of carbonyl (C=O) groups is 2. The first kappa shape index (κ1) is 48.6. The minimum absolute atomic E-state index is 0.0234. The van der Waals surface area contributed by atoms with Crippen LogP contribution in [0.15, 0.2) is 114 Å². The lowest BCUT2D eigenvalue weighted by Crippen LogP contribution is -2.14. The second-order valence-corrected chi connectivity index (χ2v) is 17.0. The molecule has 0 bridgehead atoms. The Morgan fingerprint density at radius 2 is 0.855 bits per heavy atom. The van der Waals surface area contributed by atoms with Crippen molar-refractivity contribution in [2.24, 2.45) is 0 Å². The van der Waals surface area contributed by atoms with Crippen LogP contribution in [-0.2, 0) is 9.47 Å². The number of nitriles is 8. The minimum atomic E-state index is -0.711. The van der Waals surface area contributed by atoms with Gasteiger partial charge in [-0.15, -0.1) is 11.3 Å². The Labute approximate surface area is 402 Å². The summed E-state index contributed by atoms with van der Waals surface area (Å²) < 4.78 is 10.4. The Bertz CT molecular complexity index is 3590. The first-order valence-electron chi connectivity index (χ1n) is 21.0. The number of allylic oxidation sites excluding steroid dienone is 6. The van der Waals surface area contributed by atoms with Crippen molar-refractivity contribution in [1.82, 2.24) is 0 Å². The molecule has 0 amide bonds. The summed E-state index contributed by atoms with van der Waals surface area (Å²) in [6, 6.07) is 42.6. The summed E-state index contributed by atoms with van der Waals surface area (Å²) in [5, 5.41) is 83.9. The van der Waals surface area contributed by atoms with E-state index in [4.69, 9.17) is 9.47 Å². The minimum Gasteiger partial charge on any atom is -0.465 e. The van der Waals surface area contributed by atoms with Gasteiger partial charge in [0.25, 0.3) is 0 Å². The van der Waals surface area contributed by atoms with Gasteiger partial charge in [-0.1, -0.05) is 100 Å². The molecule has 0 radical (unpaired) electrons. The molecular weight excluding hydrogens is 881 g/mol. The van der Waals surface area contributed by atoms with E-state index < -0.39 is 23.1 Å². The van der Waals surface area contributed by atoms with Gasteiger partial charge in [-0.05, 0) is 85.8 Å². The highest BCUT2D eigenvalue weighted by molar-refractivity contribution is 7.14. The molecule has 2 aromatic rings. The van der Waals surface area contributed by atoms with Gasteiger partial charge in [-0.2, -0.15) is 42.1 Å². The van der Waals surface area contributed by atoms with Crippen molar-refractivity contribution in [3.63, 3.8) is 0 Å². The molecule has 13 heteroatoms. The molecule has 0 atom stereocenters. The topological polar surface area (TPSA) is 243 Å². The van der Waals surface area contributed by atoms with Gasteiger partial charge < -0.3 is 9.47 Å².